The topological polar surface area (TPSA) is 53.4 Å². The van der Waals surface area contributed by atoms with E-state index in [1.807, 2.05) is 6.07 Å². The van der Waals surface area contributed by atoms with Gasteiger partial charge in [-0.25, -0.2) is 0 Å². The number of fused-ring (bicyclic) bond motifs is 1. The second kappa shape index (κ2) is 4.29. The van der Waals surface area contributed by atoms with Crippen LogP contribution >= 0.6 is 0 Å². The van der Waals surface area contributed by atoms with Crippen LogP contribution < -0.4 is 0 Å². The Morgan fingerprint density at radius 2 is 2.33 bits per heavy atom. The molecule has 0 saturated heterocycles. The van der Waals surface area contributed by atoms with Gasteiger partial charge in [0.15, 0.2) is 0 Å². The van der Waals surface area contributed by atoms with Crippen molar-refractivity contribution < 1.29 is 10.2 Å². The Labute approximate surface area is 89.8 Å². The lowest BCUT2D eigenvalue weighted by atomic mass is 9.89. The second-order valence-corrected chi connectivity index (χ2v) is 4.06. The van der Waals surface area contributed by atoms with Gasteiger partial charge in [0.1, 0.15) is 0 Å². The molecule has 0 aromatic carbocycles. The summed E-state index contributed by atoms with van der Waals surface area (Å²) in [5.41, 5.74) is 3.90. The minimum absolute atomic E-state index is 0.0486. The quantitative estimate of drug-likeness (QED) is 0.772. The molecular formula is C12H17NO2. The molecule has 1 unspecified atom stereocenters. The average Bonchev–Trinajstić information content (AvgIpc) is 2.28. The van der Waals surface area contributed by atoms with E-state index >= 15 is 0 Å². The third kappa shape index (κ3) is 1.90. The Balaban J connectivity index is 2.52. The van der Waals surface area contributed by atoms with Crippen LogP contribution in [0.5, 0.6) is 0 Å². The van der Waals surface area contributed by atoms with E-state index in [9.17, 15) is 5.11 Å². The molecule has 1 aromatic rings. The molecule has 15 heavy (non-hydrogen) atoms. The largest absolute Gasteiger partial charge is 0.390 e. The van der Waals surface area contributed by atoms with Gasteiger partial charge >= 0.3 is 0 Å². The molecule has 1 aliphatic carbocycles. The highest BCUT2D eigenvalue weighted by atomic mass is 16.3. The summed E-state index contributed by atoms with van der Waals surface area (Å²) in [5, 5.41) is 19.0. The van der Waals surface area contributed by atoms with E-state index < -0.39 is 6.10 Å². The minimum atomic E-state index is -0.439. The number of nitrogens with zero attached hydrogens (tertiary/aromatic N) is 1. The van der Waals surface area contributed by atoms with Gasteiger partial charge in [0.25, 0.3) is 0 Å². The summed E-state index contributed by atoms with van der Waals surface area (Å²) in [6.45, 7) is 2.05. The Kier molecular flexibility index (Phi) is 3.03. The van der Waals surface area contributed by atoms with Gasteiger partial charge < -0.3 is 10.2 Å². The molecule has 82 valence electrons. The van der Waals surface area contributed by atoms with E-state index in [0.717, 1.165) is 31.4 Å². The van der Waals surface area contributed by atoms with Crippen molar-refractivity contribution in [3.05, 3.63) is 28.6 Å². The van der Waals surface area contributed by atoms with Crippen LogP contribution in [0.3, 0.4) is 0 Å². The standard InChI is InChI=1S/C12H17NO2/c1-2-8-6-9(7-14)13-12-10(8)4-3-5-11(12)15/h6,11,14-15H,2-5,7H2,1H3. The van der Waals surface area contributed by atoms with Crippen molar-refractivity contribution in [2.75, 3.05) is 0 Å². The molecule has 3 nitrogen and oxygen atoms in total. The molecule has 2 rings (SSSR count). The highest BCUT2D eigenvalue weighted by Crippen LogP contribution is 2.30. The molecule has 0 bridgehead atoms. The maximum Gasteiger partial charge on any atom is 0.0962 e. The molecule has 0 amide bonds. The fraction of sp³-hybridized carbons (Fsp3) is 0.583. The van der Waals surface area contributed by atoms with E-state index in [2.05, 4.69) is 11.9 Å². The first-order valence-corrected chi connectivity index (χ1v) is 5.56. The van der Waals surface area contributed by atoms with Gasteiger partial charge in [-0.3, -0.25) is 4.98 Å². The molecule has 2 N–H and O–H groups in total. The van der Waals surface area contributed by atoms with Gasteiger partial charge in [-0.05, 0) is 42.9 Å². The fourth-order valence-corrected chi connectivity index (χ4v) is 2.28. The predicted molar refractivity (Wildman–Crippen MR) is 57.4 cm³/mol. The van der Waals surface area contributed by atoms with Crippen LogP contribution in [0.2, 0.25) is 0 Å². The van der Waals surface area contributed by atoms with Crippen molar-refractivity contribution >= 4 is 0 Å². The summed E-state index contributed by atoms with van der Waals surface area (Å²) < 4.78 is 0. The summed E-state index contributed by atoms with van der Waals surface area (Å²) in [5.74, 6) is 0. The third-order valence-electron chi connectivity index (χ3n) is 3.06. The zero-order valence-corrected chi connectivity index (χ0v) is 9.03. The smallest absolute Gasteiger partial charge is 0.0962 e. The zero-order valence-electron chi connectivity index (χ0n) is 9.03. The van der Waals surface area contributed by atoms with Crippen LogP contribution in [0.4, 0.5) is 0 Å². The molecule has 1 aromatic heterocycles. The Bertz CT molecular complexity index is 363. The number of aliphatic hydroxyl groups excluding tert-OH is 2. The summed E-state index contributed by atoms with van der Waals surface area (Å²) in [6.07, 6.45) is 3.32. The van der Waals surface area contributed by atoms with Crippen LogP contribution in [-0.4, -0.2) is 15.2 Å². The summed E-state index contributed by atoms with van der Waals surface area (Å²) in [4.78, 5) is 4.32. The number of pyridine rings is 1. The molecule has 1 heterocycles. The van der Waals surface area contributed by atoms with Gasteiger partial charge in [-0.2, -0.15) is 0 Å². The first-order valence-electron chi connectivity index (χ1n) is 5.56. The zero-order chi connectivity index (χ0) is 10.8. The molecule has 0 radical (unpaired) electrons. The molecular weight excluding hydrogens is 190 g/mol. The lowest BCUT2D eigenvalue weighted by molar-refractivity contribution is 0.150. The van der Waals surface area contributed by atoms with Crippen LogP contribution in [0, 0.1) is 0 Å². The Morgan fingerprint density at radius 1 is 1.53 bits per heavy atom. The number of aromatic nitrogens is 1. The fourth-order valence-electron chi connectivity index (χ4n) is 2.28. The number of hydrogen-bond acceptors (Lipinski definition) is 3. The monoisotopic (exact) mass is 207 g/mol. The van der Waals surface area contributed by atoms with Crippen LogP contribution in [0.25, 0.3) is 0 Å². The summed E-state index contributed by atoms with van der Waals surface area (Å²) in [7, 11) is 0. The molecule has 1 aliphatic rings. The first kappa shape index (κ1) is 10.6. The van der Waals surface area contributed by atoms with Gasteiger partial charge in [-0.1, -0.05) is 6.92 Å². The SMILES string of the molecule is CCc1cc(CO)nc2c1CCCC2O. The molecule has 0 fully saturated rings. The van der Waals surface area contributed by atoms with Crippen molar-refractivity contribution in [2.45, 2.75) is 45.3 Å². The summed E-state index contributed by atoms with van der Waals surface area (Å²) >= 11 is 0. The van der Waals surface area contributed by atoms with Gasteiger partial charge in [-0.15, -0.1) is 0 Å². The van der Waals surface area contributed by atoms with Crippen LogP contribution in [0.15, 0.2) is 6.07 Å². The number of hydrogen-bond donors (Lipinski definition) is 2. The molecule has 1 atom stereocenters. The predicted octanol–water partition coefficient (Wildman–Crippen LogP) is 1.51. The number of aliphatic hydroxyl groups is 2. The highest BCUT2D eigenvalue weighted by molar-refractivity contribution is 5.35. The van der Waals surface area contributed by atoms with Crippen molar-refractivity contribution in [3.63, 3.8) is 0 Å². The Hall–Kier alpha value is -0.930. The van der Waals surface area contributed by atoms with E-state index in [1.165, 1.54) is 11.1 Å². The molecule has 0 aliphatic heterocycles. The van der Waals surface area contributed by atoms with Crippen LogP contribution in [0.1, 0.15) is 48.4 Å². The van der Waals surface area contributed by atoms with E-state index in [0.29, 0.717) is 5.69 Å². The number of rotatable bonds is 2. The second-order valence-electron chi connectivity index (χ2n) is 4.06. The third-order valence-corrected chi connectivity index (χ3v) is 3.06. The van der Waals surface area contributed by atoms with Crippen molar-refractivity contribution in [1.29, 1.82) is 0 Å². The maximum atomic E-state index is 9.86. The lowest BCUT2D eigenvalue weighted by Gasteiger charge is -2.23. The van der Waals surface area contributed by atoms with Crippen molar-refractivity contribution in [3.8, 4) is 0 Å². The van der Waals surface area contributed by atoms with E-state index in [1.54, 1.807) is 0 Å². The average molecular weight is 207 g/mol. The molecule has 3 heteroatoms. The van der Waals surface area contributed by atoms with Crippen LogP contribution in [-0.2, 0) is 19.4 Å². The molecule has 0 saturated carbocycles. The normalized spacial score (nSPS) is 20.1. The van der Waals surface area contributed by atoms with Crippen molar-refractivity contribution in [1.82, 2.24) is 4.98 Å². The van der Waals surface area contributed by atoms with E-state index in [-0.39, 0.29) is 6.61 Å². The van der Waals surface area contributed by atoms with Gasteiger partial charge in [0.2, 0.25) is 0 Å². The van der Waals surface area contributed by atoms with Gasteiger partial charge in [0, 0.05) is 0 Å². The minimum Gasteiger partial charge on any atom is -0.390 e. The first-order chi connectivity index (χ1) is 7.26. The highest BCUT2D eigenvalue weighted by Gasteiger charge is 2.22. The lowest BCUT2D eigenvalue weighted by Crippen LogP contribution is -2.15. The summed E-state index contributed by atoms with van der Waals surface area (Å²) in [6, 6.07) is 1.96. The number of aryl methyl sites for hydroxylation is 1. The van der Waals surface area contributed by atoms with E-state index in [4.69, 9.17) is 5.11 Å². The van der Waals surface area contributed by atoms with Gasteiger partial charge in [0.05, 0.1) is 24.1 Å². The molecule has 0 spiro atoms. The Morgan fingerprint density at radius 3 is 3.00 bits per heavy atom. The van der Waals surface area contributed by atoms with Crippen molar-refractivity contribution in [2.24, 2.45) is 0 Å². The maximum absolute atomic E-state index is 9.86.